The number of hydrogen-bond donors (Lipinski definition) is 0. The Balaban J connectivity index is 0.000000810. The van der Waals surface area contributed by atoms with E-state index in [1.807, 2.05) is 0 Å². The molecule has 10 heavy (non-hydrogen) atoms. The number of allylic oxidation sites excluding steroid dienone is 2. The fourth-order valence-corrected chi connectivity index (χ4v) is 0.524. The van der Waals surface area contributed by atoms with Crippen molar-refractivity contribution in [3.8, 4) is 0 Å². The molecule has 1 aliphatic rings. The molecule has 1 rings (SSSR count). The standard InChI is InChI=1S/C6H6O3.Na/c7-6(8)5-2-1-3-9-4-5;/h1-3H,4H2,(H,7,8);/q;+1/p-1. The number of carbonyl (C=O) groups is 1. The van der Waals surface area contributed by atoms with E-state index in [9.17, 15) is 9.90 Å². The molecule has 0 aromatic rings. The van der Waals surface area contributed by atoms with Crippen LogP contribution in [0.1, 0.15) is 0 Å². The number of carbonyl (C=O) groups excluding carboxylic acids is 1. The van der Waals surface area contributed by atoms with E-state index in [0.29, 0.717) is 0 Å². The zero-order chi connectivity index (χ0) is 6.69. The van der Waals surface area contributed by atoms with Gasteiger partial charge in [-0.1, -0.05) is 6.08 Å². The SMILES string of the molecule is O=C([O-])C1=CC=COC1.[Na+]. The van der Waals surface area contributed by atoms with Crippen molar-refractivity contribution in [3.05, 3.63) is 24.0 Å². The van der Waals surface area contributed by atoms with Crippen molar-refractivity contribution >= 4 is 5.97 Å². The summed E-state index contributed by atoms with van der Waals surface area (Å²) >= 11 is 0. The largest absolute Gasteiger partial charge is 1.00 e. The zero-order valence-electron chi connectivity index (χ0n) is 5.66. The van der Waals surface area contributed by atoms with Gasteiger partial charge in [0.2, 0.25) is 0 Å². The van der Waals surface area contributed by atoms with Crippen LogP contribution in [0.25, 0.3) is 0 Å². The summed E-state index contributed by atoms with van der Waals surface area (Å²) in [4.78, 5) is 10.1. The van der Waals surface area contributed by atoms with E-state index in [2.05, 4.69) is 4.74 Å². The van der Waals surface area contributed by atoms with E-state index >= 15 is 0 Å². The van der Waals surface area contributed by atoms with Crippen molar-refractivity contribution in [2.45, 2.75) is 0 Å². The predicted molar refractivity (Wildman–Crippen MR) is 28.2 cm³/mol. The third kappa shape index (κ3) is 2.56. The average Bonchev–Trinajstić information content (AvgIpc) is 1.90. The second kappa shape index (κ2) is 4.55. The van der Waals surface area contributed by atoms with E-state index in [0.717, 1.165) is 0 Å². The van der Waals surface area contributed by atoms with Gasteiger partial charge in [0.1, 0.15) is 6.61 Å². The van der Waals surface area contributed by atoms with Gasteiger partial charge in [-0.2, -0.15) is 0 Å². The van der Waals surface area contributed by atoms with Crippen LogP contribution in [-0.2, 0) is 9.53 Å². The molecule has 0 aliphatic carbocycles. The fourth-order valence-electron chi connectivity index (χ4n) is 0.524. The maximum atomic E-state index is 10.1. The Morgan fingerprint density at radius 3 is 2.70 bits per heavy atom. The first kappa shape index (κ1) is 9.75. The Morgan fingerprint density at radius 1 is 1.70 bits per heavy atom. The van der Waals surface area contributed by atoms with E-state index in [1.165, 1.54) is 18.4 Å². The number of carboxylic acids is 1. The number of rotatable bonds is 1. The fraction of sp³-hybridized carbons (Fsp3) is 0.167. The van der Waals surface area contributed by atoms with E-state index < -0.39 is 5.97 Å². The van der Waals surface area contributed by atoms with Gasteiger partial charge >= 0.3 is 29.6 Å². The topological polar surface area (TPSA) is 49.4 Å². The van der Waals surface area contributed by atoms with Crippen LogP contribution in [0.3, 0.4) is 0 Å². The summed E-state index contributed by atoms with van der Waals surface area (Å²) in [6.07, 6.45) is 4.42. The molecular weight excluding hydrogens is 143 g/mol. The van der Waals surface area contributed by atoms with Gasteiger partial charge < -0.3 is 14.6 Å². The Hall–Kier alpha value is -0.250. The van der Waals surface area contributed by atoms with Crippen molar-refractivity contribution < 1.29 is 44.2 Å². The maximum Gasteiger partial charge on any atom is 1.00 e. The maximum absolute atomic E-state index is 10.1. The van der Waals surface area contributed by atoms with Crippen LogP contribution < -0.4 is 34.7 Å². The Bertz CT molecular complexity index is 183. The molecule has 1 aliphatic heterocycles. The van der Waals surface area contributed by atoms with Crippen molar-refractivity contribution in [1.29, 1.82) is 0 Å². The Labute approximate surface area is 80.7 Å². The number of ether oxygens (including phenoxy) is 1. The molecule has 0 radical (unpaired) electrons. The predicted octanol–water partition coefficient (Wildman–Crippen LogP) is -3.79. The number of hydrogen-bond acceptors (Lipinski definition) is 3. The number of aliphatic carboxylic acids is 1. The molecule has 1 heterocycles. The van der Waals surface area contributed by atoms with Crippen LogP contribution in [0.2, 0.25) is 0 Å². The van der Waals surface area contributed by atoms with Gasteiger partial charge in [0, 0.05) is 5.57 Å². The Morgan fingerprint density at radius 2 is 2.40 bits per heavy atom. The molecule has 0 bridgehead atoms. The number of carboxylic acid groups (broad SMARTS) is 1. The van der Waals surface area contributed by atoms with Crippen molar-refractivity contribution in [3.63, 3.8) is 0 Å². The molecule has 48 valence electrons. The monoisotopic (exact) mass is 148 g/mol. The van der Waals surface area contributed by atoms with E-state index in [-0.39, 0.29) is 41.7 Å². The van der Waals surface area contributed by atoms with Gasteiger partial charge in [0.15, 0.2) is 0 Å². The van der Waals surface area contributed by atoms with Crippen molar-refractivity contribution in [2.24, 2.45) is 0 Å². The average molecular weight is 148 g/mol. The van der Waals surface area contributed by atoms with Crippen LogP contribution in [0.4, 0.5) is 0 Å². The summed E-state index contributed by atoms with van der Waals surface area (Å²) in [5.74, 6) is -1.17. The van der Waals surface area contributed by atoms with Gasteiger partial charge in [0.05, 0.1) is 12.2 Å². The van der Waals surface area contributed by atoms with Crippen LogP contribution in [0, 0.1) is 0 Å². The first-order chi connectivity index (χ1) is 4.30. The van der Waals surface area contributed by atoms with E-state index in [1.54, 1.807) is 0 Å². The molecule has 0 spiro atoms. The van der Waals surface area contributed by atoms with Gasteiger partial charge in [0.25, 0.3) is 0 Å². The summed E-state index contributed by atoms with van der Waals surface area (Å²) in [6.45, 7) is 0.110. The third-order valence-corrected chi connectivity index (χ3v) is 0.973. The summed E-state index contributed by atoms with van der Waals surface area (Å²) in [5, 5.41) is 10.1. The molecule has 0 unspecified atom stereocenters. The molecule has 0 atom stereocenters. The van der Waals surface area contributed by atoms with Crippen LogP contribution in [0.15, 0.2) is 24.0 Å². The van der Waals surface area contributed by atoms with Crippen LogP contribution in [0.5, 0.6) is 0 Å². The van der Waals surface area contributed by atoms with Gasteiger partial charge in [-0.15, -0.1) is 0 Å². The molecule has 0 aromatic heterocycles. The second-order valence-electron chi connectivity index (χ2n) is 1.62. The molecule has 0 aromatic carbocycles. The zero-order valence-corrected chi connectivity index (χ0v) is 7.66. The normalized spacial score (nSPS) is 14.6. The first-order valence-electron chi connectivity index (χ1n) is 2.49. The van der Waals surface area contributed by atoms with E-state index in [4.69, 9.17) is 0 Å². The summed E-state index contributed by atoms with van der Waals surface area (Å²) < 4.78 is 4.67. The van der Waals surface area contributed by atoms with Crippen LogP contribution in [-0.4, -0.2) is 12.6 Å². The second-order valence-corrected chi connectivity index (χ2v) is 1.62. The molecule has 0 fully saturated rings. The molecule has 0 saturated heterocycles. The van der Waals surface area contributed by atoms with Gasteiger partial charge in [-0.3, -0.25) is 0 Å². The minimum absolute atomic E-state index is 0. The van der Waals surface area contributed by atoms with Gasteiger partial charge in [-0.05, 0) is 6.08 Å². The van der Waals surface area contributed by atoms with Gasteiger partial charge in [-0.25, -0.2) is 0 Å². The summed E-state index contributed by atoms with van der Waals surface area (Å²) in [7, 11) is 0. The first-order valence-corrected chi connectivity index (χ1v) is 2.49. The minimum atomic E-state index is -1.17. The Kier molecular flexibility index (Phi) is 4.43. The van der Waals surface area contributed by atoms with Crippen molar-refractivity contribution in [2.75, 3.05) is 6.61 Å². The molecule has 0 saturated carbocycles. The molecule has 3 nitrogen and oxygen atoms in total. The van der Waals surface area contributed by atoms with Crippen LogP contribution >= 0.6 is 0 Å². The smallest absolute Gasteiger partial charge is 0.545 e. The molecule has 0 N–H and O–H groups in total. The molecule has 4 heteroatoms. The minimum Gasteiger partial charge on any atom is -0.545 e. The molecular formula is C6H5NaO3. The summed E-state index contributed by atoms with van der Waals surface area (Å²) in [6, 6.07) is 0. The third-order valence-electron chi connectivity index (χ3n) is 0.973. The quantitative estimate of drug-likeness (QED) is 0.358. The molecule has 0 amide bonds. The summed E-state index contributed by atoms with van der Waals surface area (Å²) in [5.41, 5.74) is 0.178. The van der Waals surface area contributed by atoms with Crippen molar-refractivity contribution in [1.82, 2.24) is 0 Å².